The van der Waals surface area contributed by atoms with Crippen LogP contribution in [0.25, 0.3) is 0 Å². The fraction of sp³-hybridized carbons (Fsp3) is 0.278. The lowest BCUT2D eigenvalue weighted by atomic mass is 9.99. The summed E-state index contributed by atoms with van der Waals surface area (Å²) in [6.07, 6.45) is 2.43. The second-order valence-corrected chi connectivity index (χ2v) is 6.25. The Hall–Kier alpha value is -1.68. The van der Waals surface area contributed by atoms with Crippen LogP contribution in [0.4, 0.5) is 10.1 Å². The standard InChI is InChI=1S/C18H20BrFN2/c1-4-22(3)12-21-18-11-17(20)10-15(13(18)2)8-14-6-5-7-16(19)9-14/h5-7,9-12H,4,8H2,1-3H3/b21-12-. The highest BCUT2D eigenvalue weighted by molar-refractivity contribution is 9.10. The van der Waals surface area contributed by atoms with Gasteiger partial charge < -0.3 is 4.90 Å². The fourth-order valence-electron chi connectivity index (χ4n) is 2.15. The lowest BCUT2D eigenvalue weighted by Crippen LogP contribution is -2.14. The molecule has 0 bridgehead atoms. The lowest BCUT2D eigenvalue weighted by molar-refractivity contribution is 0.552. The van der Waals surface area contributed by atoms with Gasteiger partial charge in [-0.25, -0.2) is 9.38 Å². The average Bonchev–Trinajstić information content (AvgIpc) is 2.48. The normalized spacial score (nSPS) is 11.1. The maximum absolute atomic E-state index is 13.9. The topological polar surface area (TPSA) is 15.6 Å². The van der Waals surface area contributed by atoms with E-state index < -0.39 is 0 Å². The molecule has 0 amide bonds. The van der Waals surface area contributed by atoms with Crippen molar-refractivity contribution < 1.29 is 4.39 Å². The predicted octanol–water partition coefficient (Wildman–Crippen LogP) is 5.10. The van der Waals surface area contributed by atoms with Crippen molar-refractivity contribution in [1.82, 2.24) is 4.90 Å². The van der Waals surface area contributed by atoms with Crippen molar-refractivity contribution in [2.75, 3.05) is 13.6 Å². The second-order valence-electron chi connectivity index (χ2n) is 5.33. The van der Waals surface area contributed by atoms with E-state index >= 15 is 0 Å². The number of benzene rings is 2. The Morgan fingerprint density at radius 3 is 2.73 bits per heavy atom. The second kappa shape index (κ2) is 7.54. The molecule has 4 heteroatoms. The van der Waals surface area contributed by atoms with E-state index in [1.165, 1.54) is 6.07 Å². The number of hydrogen-bond acceptors (Lipinski definition) is 1. The van der Waals surface area contributed by atoms with Crippen molar-refractivity contribution in [3.63, 3.8) is 0 Å². The zero-order valence-electron chi connectivity index (χ0n) is 13.1. The molecule has 0 saturated carbocycles. The molecule has 0 saturated heterocycles. The summed E-state index contributed by atoms with van der Waals surface area (Å²) in [5, 5.41) is 0. The minimum absolute atomic E-state index is 0.248. The van der Waals surface area contributed by atoms with Crippen LogP contribution in [0.2, 0.25) is 0 Å². The molecule has 0 atom stereocenters. The van der Waals surface area contributed by atoms with E-state index in [1.54, 1.807) is 12.4 Å². The van der Waals surface area contributed by atoms with Crippen molar-refractivity contribution in [1.29, 1.82) is 0 Å². The van der Waals surface area contributed by atoms with Gasteiger partial charge in [-0.05, 0) is 61.2 Å². The molecule has 0 aliphatic carbocycles. The van der Waals surface area contributed by atoms with Gasteiger partial charge in [-0.15, -0.1) is 0 Å². The van der Waals surface area contributed by atoms with Crippen LogP contribution in [0.5, 0.6) is 0 Å². The van der Waals surface area contributed by atoms with Gasteiger partial charge >= 0.3 is 0 Å². The van der Waals surface area contributed by atoms with E-state index in [-0.39, 0.29) is 5.82 Å². The molecule has 0 N–H and O–H groups in total. The number of hydrogen-bond donors (Lipinski definition) is 0. The number of nitrogens with zero attached hydrogens (tertiary/aromatic N) is 2. The fourth-order valence-corrected chi connectivity index (χ4v) is 2.59. The smallest absolute Gasteiger partial charge is 0.125 e. The molecule has 0 spiro atoms. The number of aliphatic imine (C=N–C) groups is 1. The van der Waals surface area contributed by atoms with E-state index in [0.29, 0.717) is 12.1 Å². The first-order valence-electron chi connectivity index (χ1n) is 7.27. The van der Waals surface area contributed by atoms with E-state index in [4.69, 9.17) is 0 Å². The van der Waals surface area contributed by atoms with Crippen molar-refractivity contribution in [3.8, 4) is 0 Å². The van der Waals surface area contributed by atoms with Gasteiger partial charge in [0.25, 0.3) is 0 Å². The third kappa shape index (κ3) is 4.41. The van der Waals surface area contributed by atoms with Gasteiger partial charge in [0, 0.05) is 18.1 Å². The first-order valence-corrected chi connectivity index (χ1v) is 8.06. The predicted molar refractivity (Wildman–Crippen MR) is 94.5 cm³/mol. The SMILES string of the molecule is CCN(C)/C=N\c1cc(F)cc(Cc2cccc(Br)c2)c1C. The Balaban J connectivity index is 2.32. The Labute approximate surface area is 139 Å². The molecule has 116 valence electrons. The molecule has 0 radical (unpaired) electrons. The summed E-state index contributed by atoms with van der Waals surface area (Å²) in [4.78, 5) is 6.37. The van der Waals surface area contributed by atoms with Crippen molar-refractivity contribution in [2.45, 2.75) is 20.3 Å². The van der Waals surface area contributed by atoms with Gasteiger partial charge in [0.05, 0.1) is 12.0 Å². The largest absolute Gasteiger partial charge is 0.366 e. The molecule has 0 unspecified atom stereocenters. The van der Waals surface area contributed by atoms with Crippen LogP contribution >= 0.6 is 15.9 Å². The van der Waals surface area contributed by atoms with E-state index in [1.807, 2.05) is 44.0 Å². The lowest BCUT2D eigenvalue weighted by Gasteiger charge is -2.12. The molecular formula is C18H20BrFN2. The summed E-state index contributed by atoms with van der Waals surface area (Å²) >= 11 is 3.47. The summed E-state index contributed by atoms with van der Waals surface area (Å²) in [5.41, 5.74) is 3.81. The highest BCUT2D eigenvalue weighted by atomic mass is 79.9. The van der Waals surface area contributed by atoms with Crippen LogP contribution < -0.4 is 0 Å². The maximum Gasteiger partial charge on any atom is 0.125 e. The first kappa shape index (κ1) is 16.7. The maximum atomic E-state index is 13.9. The van der Waals surface area contributed by atoms with Crippen molar-refractivity contribution in [3.05, 3.63) is 63.4 Å². The summed E-state index contributed by atoms with van der Waals surface area (Å²) in [6, 6.07) is 11.2. The molecule has 2 rings (SSSR count). The summed E-state index contributed by atoms with van der Waals surface area (Å²) in [6.45, 7) is 4.90. The molecule has 0 fully saturated rings. The van der Waals surface area contributed by atoms with E-state index in [2.05, 4.69) is 27.0 Å². The Morgan fingerprint density at radius 2 is 2.05 bits per heavy atom. The number of halogens is 2. The van der Waals surface area contributed by atoms with Crippen LogP contribution in [0.15, 0.2) is 45.9 Å². The molecular weight excluding hydrogens is 343 g/mol. The van der Waals surface area contributed by atoms with E-state index in [0.717, 1.165) is 27.7 Å². The number of rotatable bonds is 5. The van der Waals surface area contributed by atoms with Gasteiger partial charge in [-0.1, -0.05) is 28.1 Å². The minimum atomic E-state index is -0.248. The molecule has 2 nitrogen and oxygen atoms in total. The molecule has 0 aromatic heterocycles. The van der Waals surface area contributed by atoms with Gasteiger partial charge in [0.15, 0.2) is 0 Å². The molecule has 22 heavy (non-hydrogen) atoms. The zero-order valence-corrected chi connectivity index (χ0v) is 14.7. The average molecular weight is 363 g/mol. The Bertz CT molecular complexity index is 683. The highest BCUT2D eigenvalue weighted by Gasteiger charge is 2.08. The monoisotopic (exact) mass is 362 g/mol. The molecule has 2 aromatic carbocycles. The summed E-state index contributed by atoms with van der Waals surface area (Å²) in [7, 11) is 1.94. The van der Waals surface area contributed by atoms with Crippen molar-refractivity contribution in [2.24, 2.45) is 4.99 Å². The van der Waals surface area contributed by atoms with Gasteiger partial charge in [-0.3, -0.25) is 0 Å². The summed E-state index contributed by atoms with van der Waals surface area (Å²) in [5.74, 6) is -0.248. The molecule has 0 aliphatic heterocycles. The van der Waals surface area contributed by atoms with Gasteiger partial charge in [-0.2, -0.15) is 0 Å². The Kier molecular flexibility index (Phi) is 5.72. The van der Waals surface area contributed by atoms with Crippen LogP contribution in [-0.2, 0) is 6.42 Å². The highest BCUT2D eigenvalue weighted by Crippen LogP contribution is 2.26. The molecule has 2 aromatic rings. The minimum Gasteiger partial charge on any atom is -0.366 e. The van der Waals surface area contributed by atoms with E-state index in [9.17, 15) is 4.39 Å². The molecule has 0 aliphatic rings. The van der Waals surface area contributed by atoms with Gasteiger partial charge in [0.1, 0.15) is 5.82 Å². The molecule has 0 heterocycles. The quantitative estimate of drug-likeness (QED) is 0.533. The first-order chi connectivity index (χ1) is 10.5. The van der Waals surface area contributed by atoms with Crippen LogP contribution in [0.1, 0.15) is 23.6 Å². The van der Waals surface area contributed by atoms with Crippen molar-refractivity contribution >= 4 is 28.0 Å². The van der Waals surface area contributed by atoms with Crippen LogP contribution in [0, 0.1) is 12.7 Å². The third-order valence-corrected chi connectivity index (χ3v) is 4.12. The third-order valence-electron chi connectivity index (χ3n) is 3.63. The zero-order chi connectivity index (χ0) is 16.1. The van der Waals surface area contributed by atoms with Crippen LogP contribution in [-0.4, -0.2) is 24.8 Å². The Morgan fingerprint density at radius 1 is 1.27 bits per heavy atom. The van der Waals surface area contributed by atoms with Gasteiger partial charge in [0.2, 0.25) is 0 Å². The summed E-state index contributed by atoms with van der Waals surface area (Å²) < 4.78 is 14.9. The van der Waals surface area contributed by atoms with Crippen LogP contribution in [0.3, 0.4) is 0 Å².